The van der Waals surface area contributed by atoms with Crippen molar-refractivity contribution in [2.45, 2.75) is 115 Å². The molecule has 4 aliphatic rings. The topological polar surface area (TPSA) is 0 Å². The largest absolute Gasteiger partial charge is 0.146 e. The van der Waals surface area contributed by atoms with Gasteiger partial charge in [-0.3, -0.25) is 0 Å². The van der Waals surface area contributed by atoms with Gasteiger partial charge >= 0.3 is 0 Å². The van der Waals surface area contributed by atoms with E-state index in [1.165, 1.54) is 32.1 Å². The van der Waals surface area contributed by atoms with Gasteiger partial charge < -0.3 is 0 Å². The van der Waals surface area contributed by atoms with Crippen LogP contribution in [0, 0.1) is 17.8 Å². The van der Waals surface area contributed by atoms with Crippen LogP contribution in [-0.4, -0.2) is 24.7 Å². The van der Waals surface area contributed by atoms with E-state index >= 15 is 0 Å². The first kappa shape index (κ1) is 20.3. The molecule has 2 unspecified atom stereocenters. The summed E-state index contributed by atoms with van der Waals surface area (Å²) >= 11 is 4.44. The highest BCUT2D eigenvalue weighted by atomic mass is 79.9. The van der Waals surface area contributed by atoms with Crippen LogP contribution >= 0.6 is 21.5 Å². The minimum atomic E-state index is -0.851. The van der Waals surface area contributed by atoms with Crippen molar-refractivity contribution in [3.8, 4) is 0 Å². The number of hydrogen-bond donors (Lipinski definition) is 0. The minimum Gasteiger partial charge on any atom is -0.0737 e. The smallest absolute Gasteiger partial charge is 0.0737 e. The Kier molecular flexibility index (Phi) is 6.83. The van der Waals surface area contributed by atoms with E-state index in [0.717, 1.165) is 41.8 Å². The molecule has 0 spiro atoms. The highest BCUT2D eigenvalue weighted by Gasteiger charge is 2.54. The molecule has 4 fully saturated rings. The van der Waals surface area contributed by atoms with E-state index in [1.54, 1.807) is 63.6 Å². The fourth-order valence-corrected chi connectivity index (χ4v) is 16.1. The molecule has 5 atom stereocenters. The summed E-state index contributed by atoms with van der Waals surface area (Å²) in [5, 5.41) is 0. The van der Waals surface area contributed by atoms with Crippen LogP contribution in [0.2, 0.25) is 18.0 Å². The lowest BCUT2D eigenvalue weighted by Gasteiger charge is -2.47. The Morgan fingerprint density at radius 2 is 1.54 bits per heavy atom. The summed E-state index contributed by atoms with van der Waals surface area (Å²) in [5.41, 5.74) is 1.06. The van der Waals surface area contributed by atoms with Gasteiger partial charge in [-0.1, -0.05) is 83.2 Å². The van der Waals surface area contributed by atoms with Gasteiger partial charge in [0, 0.05) is 0 Å². The second-order valence-electron chi connectivity index (χ2n) is 10.8. The molecule has 3 heteroatoms. The maximum absolute atomic E-state index is 4.44. The molecule has 3 heterocycles. The van der Waals surface area contributed by atoms with Gasteiger partial charge in [0.25, 0.3) is 0 Å². The zero-order valence-electron chi connectivity index (χ0n) is 17.5. The highest BCUT2D eigenvalue weighted by Crippen LogP contribution is 2.78. The summed E-state index contributed by atoms with van der Waals surface area (Å²) < 4.78 is 0. The van der Waals surface area contributed by atoms with E-state index in [4.69, 9.17) is 0 Å². The predicted octanol–water partition coefficient (Wildman–Crippen LogP) is 8.54. The highest BCUT2D eigenvalue weighted by molar-refractivity contribution is 9.42. The Morgan fingerprint density at radius 1 is 0.846 bits per heavy atom. The second-order valence-corrected chi connectivity index (χ2v) is 18.4. The Morgan fingerprint density at radius 3 is 2.23 bits per heavy atom. The van der Waals surface area contributed by atoms with Crippen LogP contribution in [0.15, 0.2) is 0 Å². The molecule has 1 saturated carbocycles. The fourth-order valence-electron chi connectivity index (χ4n) is 7.73. The van der Waals surface area contributed by atoms with Crippen molar-refractivity contribution in [1.29, 1.82) is 0 Å². The van der Waals surface area contributed by atoms with Crippen molar-refractivity contribution < 1.29 is 0 Å². The first-order chi connectivity index (χ1) is 12.6. The lowest BCUT2D eigenvalue weighted by Crippen LogP contribution is -2.39. The molecule has 0 aromatic heterocycles. The third-order valence-corrected chi connectivity index (χ3v) is 16.9. The van der Waals surface area contributed by atoms with Crippen molar-refractivity contribution in [2.24, 2.45) is 17.8 Å². The van der Waals surface area contributed by atoms with Crippen molar-refractivity contribution in [1.82, 2.24) is 0 Å². The average Bonchev–Trinajstić information content (AvgIpc) is 2.60. The summed E-state index contributed by atoms with van der Waals surface area (Å²) in [6.45, 7) is 6.25. The third kappa shape index (κ3) is 4.27. The maximum atomic E-state index is 4.44. The van der Waals surface area contributed by atoms with Gasteiger partial charge in [0.15, 0.2) is 0 Å². The van der Waals surface area contributed by atoms with Crippen molar-refractivity contribution in [2.75, 3.05) is 12.3 Å². The molecule has 0 N–H and O–H groups in total. The van der Waals surface area contributed by atoms with Crippen LogP contribution in [-0.2, 0) is 0 Å². The van der Waals surface area contributed by atoms with Gasteiger partial charge in [-0.25, -0.2) is 0 Å². The fraction of sp³-hybridized carbons (Fsp3) is 1.00. The summed E-state index contributed by atoms with van der Waals surface area (Å²) in [5.74, 6) is 4.44. The molecule has 148 valence electrons. The lowest BCUT2D eigenvalue weighted by molar-refractivity contribution is 0.226. The zero-order valence-corrected chi connectivity index (χ0v) is 20.0. The number of hydrogen-bond acceptors (Lipinski definition) is 0. The van der Waals surface area contributed by atoms with Crippen LogP contribution in [0.4, 0.5) is 0 Å². The molecular formula is C23H42BBrP+. The normalized spacial score (nSPS) is 45.6. The Hall–Kier alpha value is 0.975. The Bertz CT molecular complexity index is 449. The van der Waals surface area contributed by atoms with E-state index in [9.17, 15) is 0 Å². The molecule has 0 radical (unpaired) electrons. The van der Waals surface area contributed by atoms with Crippen molar-refractivity contribution in [3.05, 3.63) is 0 Å². The molecular weight excluding hydrogens is 398 g/mol. The van der Waals surface area contributed by atoms with Crippen LogP contribution in [0.1, 0.15) is 90.9 Å². The Labute approximate surface area is 172 Å². The van der Waals surface area contributed by atoms with Crippen LogP contribution in [0.3, 0.4) is 0 Å². The molecule has 0 amide bonds. The monoisotopic (exact) mass is 439 g/mol. The van der Waals surface area contributed by atoms with Gasteiger partial charge in [-0.15, -0.1) is 0 Å². The molecule has 3 aliphatic heterocycles. The summed E-state index contributed by atoms with van der Waals surface area (Å²) in [4.78, 5) is 0. The van der Waals surface area contributed by atoms with E-state index in [1.807, 2.05) is 0 Å². The van der Waals surface area contributed by atoms with E-state index in [-0.39, 0.29) is 0 Å². The molecule has 4 rings (SSSR count). The summed E-state index contributed by atoms with van der Waals surface area (Å²) in [6, 6.07) is 0. The maximum Gasteiger partial charge on any atom is 0.146 e. The molecule has 0 aromatic carbocycles. The van der Waals surface area contributed by atoms with Gasteiger partial charge in [0.2, 0.25) is 0 Å². The van der Waals surface area contributed by atoms with E-state index in [0.29, 0.717) is 0 Å². The Balaban J connectivity index is 1.23. The SMILES string of the molecule is CC1C[P+](Br)(CCCCCB2C3CCCC2CCC3)[C@@H]2C[C@H]1CC[C@@H]2C. The minimum absolute atomic E-state index is 0.851. The summed E-state index contributed by atoms with van der Waals surface area (Å²) in [6.07, 6.45) is 23.2. The molecule has 26 heavy (non-hydrogen) atoms. The molecule has 4 bridgehead atoms. The first-order valence-electron chi connectivity index (χ1n) is 12.1. The van der Waals surface area contributed by atoms with E-state index in [2.05, 4.69) is 29.3 Å². The van der Waals surface area contributed by atoms with Crippen LogP contribution in [0.5, 0.6) is 0 Å². The number of fused-ring (bicyclic) bond motifs is 4. The van der Waals surface area contributed by atoms with Crippen LogP contribution in [0.25, 0.3) is 0 Å². The number of rotatable bonds is 6. The number of unbranched alkanes of at least 4 members (excludes halogenated alkanes) is 2. The van der Waals surface area contributed by atoms with Crippen LogP contribution < -0.4 is 0 Å². The first-order valence-corrected chi connectivity index (χ1v) is 16.4. The average molecular weight is 440 g/mol. The predicted molar refractivity (Wildman–Crippen MR) is 125 cm³/mol. The van der Waals surface area contributed by atoms with Gasteiger partial charge in [0.05, 0.1) is 23.9 Å². The second kappa shape index (κ2) is 8.77. The molecule has 3 saturated heterocycles. The van der Waals surface area contributed by atoms with Gasteiger partial charge in [-0.05, 0) is 43.4 Å². The molecule has 1 aliphatic carbocycles. The van der Waals surface area contributed by atoms with Crippen molar-refractivity contribution >= 4 is 28.2 Å². The van der Waals surface area contributed by atoms with E-state index < -0.39 is 5.96 Å². The van der Waals surface area contributed by atoms with Gasteiger partial charge in [-0.2, -0.15) is 0 Å². The quantitative estimate of drug-likeness (QED) is 0.221. The molecule has 0 nitrogen and oxygen atoms in total. The van der Waals surface area contributed by atoms with Gasteiger partial charge in [0.1, 0.15) is 22.2 Å². The zero-order chi connectivity index (χ0) is 18.1. The third-order valence-electron chi connectivity index (χ3n) is 9.26. The lowest BCUT2D eigenvalue weighted by atomic mass is 9.26. The standard InChI is InChI=1S/C23H42BBrP/c1-18-12-13-20-16-23(18)26(25,17-19(20)2)15-5-3-4-14-24-21-8-6-9-22(24)11-7-10-21/h18-23H,3-17H2,1-2H3/q+1/t18-,19?,20+,21?,22?,23+,26?/m0/s1. The number of halogens is 1. The summed E-state index contributed by atoms with van der Waals surface area (Å²) in [7, 11) is 0. The van der Waals surface area contributed by atoms with Crippen molar-refractivity contribution in [3.63, 3.8) is 0 Å². The molecule has 0 aromatic rings.